The molecule has 1 aliphatic rings. The zero-order valence-corrected chi connectivity index (χ0v) is 12.1. The first-order chi connectivity index (χ1) is 5.19. The summed E-state index contributed by atoms with van der Waals surface area (Å²) in [5, 5.41) is 0. The molecule has 0 aromatic carbocycles. The minimum atomic E-state index is 0. The first kappa shape index (κ1) is 20.4. The predicted molar refractivity (Wildman–Crippen MR) is 45.1 cm³/mol. The van der Waals surface area contributed by atoms with Crippen LogP contribution in [-0.2, 0) is 17.4 Å². The number of unbranched alkanes of at least 4 members (excludes halogenated alkanes) is 1. The summed E-state index contributed by atoms with van der Waals surface area (Å²) in [6, 6.07) is 0. The van der Waals surface area contributed by atoms with E-state index in [4.69, 9.17) is 0 Å². The van der Waals surface area contributed by atoms with Crippen molar-refractivity contribution >= 4 is 0 Å². The molecule has 0 nitrogen and oxygen atoms in total. The van der Waals surface area contributed by atoms with Crippen molar-refractivity contribution in [2.24, 2.45) is 0 Å². The Kier molecular flexibility index (Phi) is 13.4. The van der Waals surface area contributed by atoms with Crippen LogP contribution in [0.15, 0.2) is 23.8 Å². The third-order valence-corrected chi connectivity index (χ3v) is 3.45. The number of hydrogen-bond donors (Lipinski definition) is 0. The Morgan fingerprint density at radius 2 is 1.86 bits per heavy atom. The molecule has 0 radical (unpaired) electrons. The van der Waals surface area contributed by atoms with Crippen molar-refractivity contribution in [3.8, 4) is 0 Å². The Balaban J connectivity index is -0.000000403. The molecule has 0 fully saturated rings. The summed E-state index contributed by atoms with van der Waals surface area (Å²) in [7, 11) is 0. The van der Waals surface area contributed by atoms with Gasteiger partial charge in [-0.25, -0.2) is 0 Å². The minimum absolute atomic E-state index is 0. The van der Waals surface area contributed by atoms with Gasteiger partial charge in [-0.1, -0.05) is 0 Å². The third-order valence-electron chi connectivity index (χ3n) is 2.31. The van der Waals surface area contributed by atoms with Gasteiger partial charge < -0.3 is 37.2 Å². The molecule has 4 heteroatoms. The van der Waals surface area contributed by atoms with Crippen LogP contribution in [0.25, 0.3) is 0 Å². The van der Waals surface area contributed by atoms with Gasteiger partial charge in [-0.3, -0.25) is 0 Å². The summed E-state index contributed by atoms with van der Waals surface area (Å²) in [5.74, 6) is 0. The monoisotopic (exact) mass is 291 g/mol. The smallest absolute Gasteiger partial charge is 1.00 e. The van der Waals surface area contributed by atoms with Gasteiger partial charge >= 0.3 is 78.5 Å². The van der Waals surface area contributed by atoms with Crippen molar-refractivity contribution in [3.05, 3.63) is 23.8 Å². The zero-order chi connectivity index (χ0) is 8.32. The van der Waals surface area contributed by atoms with Crippen LogP contribution < -0.4 is 37.2 Å². The molecule has 1 aliphatic carbocycles. The molecule has 0 saturated heterocycles. The van der Waals surface area contributed by atoms with Gasteiger partial charge in [0.05, 0.1) is 0 Å². The Bertz CT molecular complexity index is 202. The SMILES string of the molecule is CCCC[C]1([V+3])C=CC=C1C.[Cl-].[Cl-].[Cl-]. The Morgan fingerprint density at radius 3 is 2.21 bits per heavy atom. The maximum atomic E-state index is 2.81. The molecule has 0 N–H and O–H groups in total. The van der Waals surface area contributed by atoms with Crippen molar-refractivity contribution in [2.45, 2.75) is 37.2 Å². The van der Waals surface area contributed by atoms with Gasteiger partial charge in [-0.05, 0) is 0 Å². The van der Waals surface area contributed by atoms with Crippen LogP contribution in [0, 0.1) is 0 Å². The maximum Gasteiger partial charge on any atom is -1.00 e. The minimum Gasteiger partial charge on any atom is -1.00 e. The van der Waals surface area contributed by atoms with Gasteiger partial charge in [0, 0.05) is 0 Å². The Hall–Kier alpha value is 0.934. The Morgan fingerprint density at radius 1 is 1.29 bits per heavy atom. The molecule has 81 valence electrons. The van der Waals surface area contributed by atoms with Crippen molar-refractivity contribution in [1.82, 2.24) is 0 Å². The summed E-state index contributed by atoms with van der Waals surface area (Å²) in [6.45, 7) is 4.46. The first-order valence-electron chi connectivity index (χ1n) is 4.28. The van der Waals surface area contributed by atoms with E-state index < -0.39 is 0 Å². The quantitative estimate of drug-likeness (QED) is 0.487. The van der Waals surface area contributed by atoms with Gasteiger partial charge in [-0.15, -0.1) is 0 Å². The molecule has 0 aliphatic heterocycles. The van der Waals surface area contributed by atoms with Gasteiger partial charge in [0.1, 0.15) is 0 Å². The molecular weight excluding hydrogens is 277 g/mol. The van der Waals surface area contributed by atoms with Crippen molar-refractivity contribution < 1.29 is 54.6 Å². The first-order valence-corrected chi connectivity index (χ1v) is 4.98. The van der Waals surface area contributed by atoms with E-state index in [2.05, 4.69) is 49.5 Å². The summed E-state index contributed by atoms with van der Waals surface area (Å²) in [5.41, 5.74) is 1.49. The molecule has 0 spiro atoms. The second kappa shape index (κ2) is 9.18. The van der Waals surface area contributed by atoms with E-state index in [0.29, 0.717) is 4.13 Å². The summed E-state index contributed by atoms with van der Waals surface area (Å²) in [4.78, 5) is 0. The van der Waals surface area contributed by atoms with Gasteiger partial charge in [0.2, 0.25) is 0 Å². The molecule has 0 saturated carbocycles. The fourth-order valence-corrected chi connectivity index (χ4v) is 1.85. The number of rotatable bonds is 3. The van der Waals surface area contributed by atoms with Gasteiger partial charge in [0.15, 0.2) is 0 Å². The predicted octanol–water partition coefficient (Wildman–Crippen LogP) is -5.59. The van der Waals surface area contributed by atoms with Crippen LogP contribution in [0.5, 0.6) is 0 Å². The van der Waals surface area contributed by atoms with Crippen molar-refractivity contribution in [1.29, 1.82) is 0 Å². The molecule has 0 amide bonds. The number of allylic oxidation sites excluding steroid dienone is 4. The number of halogens is 3. The van der Waals surface area contributed by atoms with Crippen LogP contribution in [-0.4, -0.2) is 0 Å². The Labute approximate surface area is 115 Å². The van der Waals surface area contributed by atoms with Crippen LogP contribution >= 0.6 is 0 Å². The van der Waals surface area contributed by atoms with Crippen LogP contribution in [0.2, 0.25) is 4.13 Å². The van der Waals surface area contributed by atoms with E-state index >= 15 is 0 Å². The standard InChI is InChI=1S/C10H15.3ClH.V/c1-3-4-7-10-8-5-6-9(10)2;;;;/h5-6,8H,3-4,7H2,1-2H3;3*1H;/q;;;;+3/p-3. The topological polar surface area (TPSA) is 0 Å². The normalized spacial score (nSPS) is 23.0. The largest absolute Gasteiger partial charge is 1.00 e. The molecular formula is C10H15Cl3V. The molecule has 1 unspecified atom stereocenters. The second-order valence-corrected chi connectivity index (χ2v) is 4.48. The molecule has 0 heterocycles. The van der Waals surface area contributed by atoms with E-state index in [1.165, 1.54) is 24.8 Å². The van der Waals surface area contributed by atoms with E-state index in [1.807, 2.05) is 0 Å². The third kappa shape index (κ3) is 5.14. The second-order valence-electron chi connectivity index (χ2n) is 3.24. The van der Waals surface area contributed by atoms with Crippen molar-refractivity contribution in [2.75, 3.05) is 0 Å². The van der Waals surface area contributed by atoms with E-state index in [9.17, 15) is 0 Å². The average Bonchev–Trinajstić information content (AvgIpc) is 2.30. The summed E-state index contributed by atoms with van der Waals surface area (Å²) >= 11 is 2.81. The molecule has 1 atom stereocenters. The van der Waals surface area contributed by atoms with E-state index in [0.717, 1.165) is 0 Å². The van der Waals surface area contributed by atoms with E-state index in [-0.39, 0.29) is 37.2 Å². The van der Waals surface area contributed by atoms with Gasteiger partial charge in [0.25, 0.3) is 0 Å². The molecule has 0 bridgehead atoms. The number of hydrogen-bond acceptors (Lipinski definition) is 0. The maximum absolute atomic E-state index is 2.81. The molecule has 1 rings (SSSR count). The molecule has 14 heavy (non-hydrogen) atoms. The van der Waals surface area contributed by atoms with Gasteiger partial charge in [-0.2, -0.15) is 0 Å². The summed E-state index contributed by atoms with van der Waals surface area (Å²) < 4.78 is 0.322. The summed E-state index contributed by atoms with van der Waals surface area (Å²) in [6.07, 6.45) is 10.6. The van der Waals surface area contributed by atoms with Crippen LogP contribution in [0.1, 0.15) is 33.1 Å². The van der Waals surface area contributed by atoms with Crippen LogP contribution in [0.4, 0.5) is 0 Å². The fraction of sp³-hybridized carbons (Fsp3) is 0.600. The van der Waals surface area contributed by atoms with Crippen LogP contribution in [0.3, 0.4) is 0 Å². The molecule has 0 aromatic heterocycles. The molecule has 0 aromatic rings. The van der Waals surface area contributed by atoms with E-state index in [1.54, 1.807) is 0 Å². The fourth-order valence-electron chi connectivity index (χ4n) is 1.35. The zero-order valence-electron chi connectivity index (χ0n) is 8.43. The van der Waals surface area contributed by atoms with Crippen molar-refractivity contribution in [3.63, 3.8) is 0 Å². The average molecular weight is 293 g/mol.